The number of alkyl halides is 5. The summed E-state index contributed by atoms with van der Waals surface area (Å²) >= 11 is 0. The van der Waals surface area contributed by atoms with Crippen LogP contribution in [0.25, 0.3) is 0 Å². The first kappa shape index (κ1) is 8.95. The largest absolute Gasteiger partial charge is 0.477 e. The van der Waals surface area contributed by atoms with E-state index < -0.39 is 16.9 Å². The van der Waals surface area contributed by atoms with Gasteiger partial charge in [0.05, 0.1) is 0 Å². The summed E-state index contributed by atoms with van der Waals surface area (Å²) in [6.45, 7) is 0. The lowest BCUT2D eigenvalue weighted by Crippen LogP contribution is -2.39. The number of hydrogen-bond donors (Lipinski definition) is 0. The summed E-state index contributed by atoms with van der Waals surface area (Å²) in [6.07, 6.45) is -4.22. The van der Waals surface area contributed by atoms with Gasteiger partial charge in [0.15, 0.2) is 0 Å². The van der Waals surface area contributed by atoms with Crippen LogP contribution in [0.3, 0.4) is 0 Å². The molecule has 0 aliphatic heterocycles. The summed E-state index contributed by atoms with van der Waals surface area (Å²) in [5.41, 5.74) is 0. The fourth-order valence-corrected chi connectivity index (χ4v) is 0.565. The molecule has 0 aromatic carbocycles. The SMILES string of the molecule is FC(F)(F)C(F)(F)n1cccn1. The molecule has 0 N–H and O–H groups in total. The Bertz CT molecular complexity index is 249. The Morgan fingerprint density at radius 1 is 1.08 bits per heavy atom. The summed E-state index contributed by atoms with van der Waals surface area (Å²) in [7, 11) is 0. The van der Waals surface area contributed by atoms with Crippen molar-refractivity contribution >= 4 is 0 Å². The van der Waals surface area contributed by atoms with Gasteiger partial charge in [-0.15, -0.1) is 0 Å². The average Bonchev–Trinajstić information content (AvgIpc) is 2.34. The number of hydrogen-bond acceptors (Lipinski definition) is 1. The van der Waals surface area contributed by atoms with Crippen LogP contribution >= 0.6 is 0 Å². The number of aromatic nitrogens is 2. The summed E-state index contributed by atoms with van der Waals surface area (Å²) < 4.78 is 58.9. The molecule has 0 fully saturated rings. The molecular formula is C5H3F5N2. The van der Waals surface area contributed by atoms with Crippen molar-refractivity contribution in [3.8, 4) is 0 Å². The van der Waals surface area contributed by atoms with Gasteiger partial charge in [0, 0.05) is 12.4 Å². The summed E-state index contributed by atoms with van der Waals surface area (Å²) in [4.78, 5) is 0. The molecular weight excluding hydrogens is 183 g/mol. The second kappa shape index (κ2) is 2.43. The van der Waals surface area contributed by atoms with Gasteiger partial charge in [-0.05, 0) is 6.07 Å². The monoisotopic (exact) mass is 186 g/mol. The van der Waals surface area contributed by atoms with Crippen LogP contribution in [-0.2, 0) is 6.05 Å². The first-order chi connectivity index (χ1) is 5.36. The highest BCUT2D eigenvalue weighted by atomic mass is 19.4. The van der Waals surface area contributed by atoms with Crippen molar-refractivity contribution in [3.05, 3.63) is 18.5 Å². The zero-order valence-corrected chi connectivity index (χ0v) is 5.52. The van der Waals surface area contributed by atoms with Crippen molar-refractivity contribution in [2.24, 2.45) is 0 Å². The topological polar surface area (TPSA) is 17.8 Å². The Morgan fingerprint density at radius 2 is 1.67 bits per heavy atom. The molecule has 0 amide bonds. The van der Waals surface area contributed by atoms with Crippen LogP contribution in [0.2, 0.25) is 0 Å². The van der Waals surface area contributed by atoms with Crippen LogP contribution in [0.4, 0.5) is 22.0 Å². The zero-order chi connectivity index (χ0) is 9.41. The maximum atomic E-state index is 12.3. The quantitative estimate of drug-likeness (QED) is 0.613. The normalized spacial score (nSPS) is 13.4. The van der Waals surface area contributed by atoms with Crippen molar-refractivity contribution in [3.63, 3.8) is 0 Å². The molecule has 1 aromatic rings. The van der Waals surface area contributed by atoms with Gasteiger partial charge in [-0.25, -0.2) is 4.68 Å². The minimum absolute atomic E-state index is 0.438. The van der Waals surface area contributed by atoms with Crippen LogP contribution in [0.15, 0.2) is 18.5 Å². The Balaban J connectivity index is 3.02. The van der Waals surface area contributed by atoms with Gasteiger partial charge in [-0.1, -0.05) is 0 Å². The Morgan fingerprint density at radius 3 is 2.00 bits per heavy atom. The van der Waals surface area contributed by atoms with Gasteiger partial charge >= 0.3 is 12.2 Å². The lowest BCUT2D eigenvalue weighted by molar-refractivity contribution is -0.328. The minimum atomic E-state index is -5.61. The number of rotatable bonds is 1. The molecule has 0 atom stereocenters. The van der Waals surface area contributed by atoms with E-state index in [1.165, 1.54) is 0 Å². The van der Waals surface area contributed by atoms with Crippen molar-refractivity contribution in [2.75, 3.05) is 0 Å². The molecule has 0 radical (unpaired) electrons. The standard InChI is InChI=1S/C5H3F5N2/c6-4(7,8)5(9,10)12-3-1-2-11-12/h1-3H. The van der Waals surface area contributed by atoms with E-state index >= 15 is 0 Å². The number of nitrogens with zero attached hydrogens (tertiary/aromatic N) is 2. The van der Waals surface area contributed by atoms with E-state index in [1.54, 1.807) is 0 Å². The molecule has 68 valence electrons. The second-order valence-electron chi connectivity index (χ2n) is 1.99. The van der Waals surface area contributed by atoms with E-state index in [0.717, 1.165) is 12.3 Å². The molecule has 0 aliphatic rings. The molecule has 2 nitrogen and oxygen atoms in total. The highest BCUT2D eigenvalue weighted by Crippen LogP contribution is 2.38. The summed E-state index contributed by atoms with van der Waals surface area (Å²) in [6, 6.07) is -3.95. The van der Waals surface area contributed by atoms with E-state index in [4.69, 9.17) is 0 Å². The lowest BCUT2D eigenvalue weighted by Gasteiger charge is -2.18. The van der Waals surface area contributed by atoms with E-state index in [9.17, 15) is 22.0 Å². The maximum absolute atomic E-state index is 12.3. The second-order valence-corrected chi connectivity index (χ2v) is 1.99. The van der Waals surface area contributed by atoms with Crippen molar-refractivity contribution in [2.45, 2.75) is 12.2 Å². The molecule has 1 aromatic heterocycles. The molecule has 1 heterocycles. The van der Waals surface area contributed by atoms with Gasteiger partial charge < -0.3 is 0 Å². The maximum Gasteiger partial charge on any atom is 0.477 e. The summed E-state index contributed by atoms with van der Waals surface area (Å²) in [5.74, 6) is 0. The highest BCUT2D eigenvalue weighted by molar-refractivity contribution is 4.83. The Kier molecular flexibility index (Phi) is 1.81. The van der Waals surface area contributed by atoms with Gasteiger partial charge in [-0.3, -0.25) is 0 Å². The molecule has 0 unspecified atom stereocenters. The van der Waals surface area contributed by atoms with Crippen LogP contribution in [-0.4, -0.2) is 16.0 Å². The minimum Gasteiger partial charge on any atom is -0.201 e. The van der Waals surface area contributed by atoms with Crippen LogP contribution < -0.4 is 0 Å². The first-order valence-corrected chi connectivity index (χ1v) is 2.80. The van der Waals surface area contributed by atoms with E-state index in [2.05, 4.69) is 5.10 Å². The first-order valence-electron chi connectivity index (χ1n) is 2.80. The zero-order valence-electron chi connectivity index (χ0n) is 5.52. The lowest BCUT2D eigenvalue weighted by atomic mass is 10.5. The molecule has 0 spiro atoms. The third kappa shape index (κ3) is 1.26. The summed E-state index contributed by atoms with van der Waals surface area (Å²) in [5, 5.41) is 2.80. The molecule has 1 rings (SSSR count). The van der Waals surface area contributed by atoms with Gasteiger partial charge in [0.2, 0.25) is 0 Å². The van der Waals surface area contributed by atoms with Crippen molar-refractivity contribution < 1.29 is 22.0 Å². The smallest absolute Gasteiger partial charge is 0.201 e. The van der Waals surface area contributed by atoms with E-state index in [0.29, 0.717) is 6.20 Å². The van der Waals surface area contributed by atoms with E-state index in [-0.39, 0.29) is 0 Å². The Labute approximate surface area is 63.6 Å². The fourth-order valence-electron chi connectivity index (χ4n) is 0.565. The van der Waals surface area contributed by atoms with Crippen LogP contribution in [0, 0.1) is 0 Å². The highest BCUT2D eigenvalue weighted by Gasteiger charge is 2.60. The fraction of sp³-hybridized carbons (Fsp3) is 0.400. The molecule has 0 saturated carbocycles. The third-order valence-corrected chi connectivity index (χ3v) is 1.13. The van der Waals surface area contributed by atoms with Gasteiger partial charge in [0.25, 0.3) is 0 Å². The van der Waals surface area contributed by atoms with Gasteiger partial charge in [0.1, 0.15) is 0 Å². The van der Waals surface area contributed by atoms with Crippen molar-refractivity contribution in [1.29, 1.82) is 0 Å². The molecule has 7 heteroatoms. The van der Waals surface area contributed by atoms with Crippen LogP contribution in [0.1, 0.15) is 0 Å². The Hall–Kier alpha value is -1.14. The van der Waals surface area contributed by atoms with Crippen molar-refractivity contribution in [1.82, 2.24) is 9.78 Å². The molecule has 0 saturated heterocycles. The predicted molar refractivity (Wildman–Crippen MR) is 28.5 cm³/mol. The molecule has 0 aliphatic carbocycles. The van der Waals surface area contributed by atoms with Gasteiger partial charge in [-0.2, -0.15) is 27.1 Å². The molecule has 12 heavy (non-hydrogen) atoms. The van der Waals surface area contributed by atoms with E-state index in [1.807, 2.05) is 0 Å². The van der Waals surface area contributed by atoms with Crippen LogP contribution in [0.5, 0.6) is 0 Å². The number of halogens is 5. The third-order valence-electron chi connectivity index (χ3n) is 1.13. The molecule has 0 bridgehead atoms. The average molecular weight is 186 g/mol. The predicted octanol–water partition coefficient (Wildman–Crippen LogP) is 1.99.